The topological polar surface area (TPSA) is 113 Å². The van der Waals surface area contributed by atoms with Crippen LogP contribution in [-0.2, 0) is 21.2 Å². The minimum absolute atomic E-state index is 0.00205. The molecule has 0 unspecified atom stereocenters. The Morgan fingerprint density at radius 1 is 1.11 bits per heavy atom. The lowest BCUT2D eigenvalue weighted by molar-refractivity contribution is -0.122. The van der Waals surface area contributed by atoms with Gasteiger partial charge in [0.15, 0.2) is 0 Å². The van der Waals surface area contributed by atoms with Gasteiger partial charge in [-0.3, -0.25) is 4.79 Å². The molecule has 28 heavy (non-hydrogen) atoms. The molecule has 1 amide bonds. The standard InChI is InChI=1S/C20H25N3O4S/c1-2-15-3-5-16(6-4-15)22-19(25)20(21)11-13-23(14-12-20)28(26,27)18-9-7-17(24)8-10-18/h3-10,24H,2,11-14,21H2,1H3,(H,22,25). The number of carbonyl (C=O) groups is 1. The van der Waals surface area contributed by atoms with Gasteiger partial charge in [-0.05, 0) is 61.2 Å². The summed E-state index contributed by atoms with van der Waals surface area (Å²) in [7, 11) is -3.69. The number of nitrogens with two attached hydrogens (primary N) is 1. The highest BCUT2D eigenvalue weighted by molar-refractivity contribution is 7.89. The maximum Gasteiger partial charge on any atom is 0.244 e. The monoisotopic (exact) mass is 403 g/mol. The highest BCUT2D eigenvalue weighted by atomic mass is 32.2. The molecule has 0 saturated carbocycles. The van der Waals surface area contributed by atoms with Crippen LogP contribution in [0.5, 0.6) is 5.75 Å². The van der Waals surface area contributed by atoms with Gasteiger partial charge in [0, 0.05) is 18.8 Å². The van der Waals surface area contributed by atoms with Crippen LogP contribution in [0.2, 0.25) is 0 Å². The van der Waals surface area contributed by atoms with E-state index in [4.69, 9.17) is 5.73 Å². The summed E-state index contributed by atoms with van der Waals surface area (Å²) in [5.41, 5.74) is 7.03. The van der Waals surface area contributed by atoms with Gasteiger partial charge in [-0.15, -0.1) is 0 Å². The van der Waals surface area contributed by atoms with Gasteiger partial charge in [-0.2, -0.15) is 4.31 Å². The number of hydrogen-bond acceptors (Lipinski definition) is 5. The van der Waals surface area contributed by atoms with Crippen molar-refractivity contribution in [1.29, 1.82) is 0 Å². The average Bonchev–Trinajstić information content (AvgIpc) is 2.69. The van der Waals surface area contributed by atoms with Crippen molar-refractivity contribution in [2.45, 2.75) is 36.6 Å². The van der Waals surface area contributed by atoms with E-state index < -0.39 is 15.6 Å². The number of carbonyl (C=O) groups excluding carboxylic acids is 1. The number of aryl methyl sites for hydroxylation is 1. The fraction of sp³-hybridized carbons (Fsp3) is 0.350. The SMILES string of the molecule is CCc1ccc(NC(=O)C2(N)CCN(S(=O)(=O)c3ccc(O)cc3)CC2)cc1. The maximum absolute atomic E-state index is 12.7. The minimum Gasteiger partial charge on any atom is -0.508 e. The molecule has 3 rings (SSSR count). The van der Waals surface area contributed by atoms with E-state index in [0.29, 0.717) is 5.69 Å². The highest BCUT2D eigenvalue weighted by Gasteiger charge is 2.41. The summed E-state index contributed by atoms with van der Waals surface area (Å²) >= 11 is 0. The van der Waals surface area contributed by atoms with Gasteiger partial charge in [0.2, 0.25) is 15.9 Å². The van der Waals surface area contributed by atoms with E-state index in [0.717, 1.165) is 6.42 Å². The summed E-state index contributed by atoms with van der Waals surface area (Å²) < 4.78 is 26.8. The zero-order chi connectivity index (χ0) is 20.4. The molecular weight excluding hydrogens is 378 g/mol. The number of nitrogens with zero attached hydrogens (tertiary/aromatic N) is 1. The Labute approximate surface area is 165 Å². The van der Waals surface area contributed by atoms with Crippen LogP contribution in [0.15, 0.2) is 53.4 Å². The van der Waals surface area contributed by atoms with Crippen molar-refractivity contribution in [3.8, 4) is 5.75 Å². The summed E-state index contributed by atoms with van der Waals surface area (Å²) in [5.74, 6) is -0.305. The second-order valence-electron chi connectivity index (χ2n) is 7.06. The van der Waals surface area contributed by atoms with E-state index in [-0.39, 0.29) is 42.5 Å². The first-order valence-corrected chi connectivity index (χ1v) is 10.7. The van der Waals surface area contributed by atoms with Crippen LogP contribution < -0.4 is 11.1 Å². The van der Waals surface area contributed by atoms with E-state index in [9.17, 15) is 18.3 Å². The number of nitrogens with one attached hydrogen (secondary N) is 1. The van der Waals surface area contributed by atoms with Crippen LogP contribution in [0.4, 0.5) is 5.69 Å². The van der Waals surface area contributed by atoms with Gasteiger partial charge in [0.1, 0.15) is 5.75 Å². The average molecular weight is 404 g/mol. The third-order valence-electron chi connectivity index (χ3n) is 5.16. The van der Waals surface area contributed by atoms with Crippen LogP contribution in [-0.4, -0.2) is 42.4 Å². The van der Waals surface area contributed by atoms with E-state index >= 15 is 0 Å². The van der Waals surface area contributed by atoms with E-state index in [1.54, 1.807) is 0 Å². The predicted molar refractivity (Wildman–Crippen MR) is 107 cm³/mol. The number of sulfonamides is 1. The van der Waals surface area contributed by atoms with Crippen molar-refractivity contribution in [3.63, 3.8) is 0 Å². The Morgan fingerprint density at radius 2 is 1.68 bits per heavy atom. The van der Waals surface area contributed by atoms with Gasteiger partial charge in [0.25, 0.3) is 0 Å². The molecule has 0 bridgehead atoms. The first kappa shape index (κ1) is 20.3. The Balaban J connectivity index is 1.65. The van der Waals surface area contributed by atoms with Crippen LogP contribution in [0.1, 0.15) is 25.3 Å². The summed E-state index contributed by atoms with van der Waals surface area (Å²) in [6, 6.07) is 13.0. The number of phenolic OH excluding ortho intramolecular Hbond substituents is 1. The molecule has 0 atom stereocenters. The van der Waals surface area contributed by atoms with Crippen molar-refractivity contribution >= 4 is 21.6 Å². The predicted octanol–water partition coefficient (Wildman–Crippen LogP) is 2.08. The first-order chi connectivity index (χ1) is 13.2. The first-order valence-electron chi connectivity index (χ1n) is 9.23. The quantitative estimate of drug-likeness (QED) is 0.707. The zero-order valence-corrected chi connectivity index (χ0v) is 16.6. The number of hydrogen-bond donors (Lipinski definition) is 3. The van der Waals surface area contributed by atoms with Gasteiger partial charge in [-0.25, -0.2) is 8.42 Å². The number of anilines is 1. The van der Waals surface area contributed by atoms with Crippen molar-refractivity contribution in [2.75, 3.05) is 18.4 Å². The lowest BCUT2D eigenvalue weighted by Crippen LogP contribution is -2.58. The van der Waals surface area contributed by atoms with Gasteiger partial charge >= 0.3 is 0 Å². The molecule has 0 aliphatic carbocycles. The maximum atomic E-state index is 12.7. The van der Waals surface area contributed by atoms with Crippen LogP contribution in [0.3, 0.4) is 0 Å². The molecule has 2 aromatic rings. The Kier molecular flexibility index (Phi) is 5.74. The van der Waals surface area contributed by atoms with E-state index in [2.05, 4.69) is 12.2 Å². The molecule has 4 N–H and O–H groups in total. The van der Waals surface area contributed by atoms with Crippen molar-refractivity contribution in [1.82, 2.24) is 4.31 Å². The number of piperidine rings is 1. The van der Waals surface area contributed by atoms with E-state index in [1.807, 2.05) is 24.3 Å². The van der Waals surface area contributed by atoms with Crippen LogP contribution >= 0.6 is 0 Å². The zero-order valence-electron chi connectivity index (χ0n) is 15.8. The molecule has 0 radical (unpaired) electrons. The number of amides is 1. The third-order valence-corrected chi connectivity index (χ3v) is 7.07. The molecule has 8 heteroatoms. The van der Waals surface area contributed by atoms with Crippen LogP contribution in [0.25, 0.3) is 0 Å². The Hall–Kier alpha value is -2.42. The molecule has 2 aromatic carbocycles. The number of aromatic hydroxyl groups is 1. The molecule has 150 valence electrons. The summed E-state index contributed by atoms with van der Waals surface area (Å²) in [6.07, 6.45) is 1.37. The molecule has 7 nitrogen and oxygen atoms in total. The fourth-order valence-corrected chi connectivity index (χ4v) is 4.64. The summed E-state index contributed by atoms with van der Waals surface area (Å²) in [6.45, 7) is 2.37. The molecule has 0 spiro atoms. The van der Waals surface area contributed by atoms with Gasteiger partial charge in [-0.1, -0.05) is 19.1 Å². The van der Waals surface area contributed by atoms with Gasteiger partial charge < -0.3 is 16.2 Å². The van der Waals surface area contributed by atoms with Crippen LogP contribution in [0, 0.1) is 0 Å². The number of phenols is 1. The Morgan fingerprint density at radius 3 is 2.21 bits per heavy atom. The van der Waals surface area contributed by atoms with Crippen molar-refractivity contribution in [3.05, 3.63) is 54.1 Å². The molecule has 1 fully saturated rings. The second-order valence-corrected chi connectivity index (χ2v) is 9.00. The second kappa shape index (κ2) is 7.90. The number of benzene rings is 2. The normalized spacial score (nSPS) is 17.2. The fourth-order valence-electron chi connectivity index (χ4n) is 3.20. The smallest absolute Gasteiger partial charge is 0.244 e. The van der Waals surface area contributed by atoms with Crippen molar-refractivity contribution < 1.29 is 18.3 Å². The van der Waals surface area contributed by atoms with E-state index in [1.165, 1.54) is 34.1 Å². The lowest BCUT2D eigenvalue weighted by atomic mass is 9.88. The molecule has 1 aliphatic heterocycles. The number of rotatable bonds is 5. The Bertz CT molecular complexity index is 932. The molecule has 1 aliphatic rings. The molecule has 1 saturated heterocycles. The summed E-state index contributed by atoms with van der Waals surface area (Å²) in [4.78, 5) is 12.8. The third kappa shape index (κ3) is 4.19. The molecule has 1 heterocycles. The molecule has 0 aromatic heterocycles. The van der Waals surface area contributed by atoms with Crippen molar-refractivity contribution in [2.24, 2.45) is 5.73 Å². The molecular formula is C20H25N3O4S. The van der Waals surface area contributed by atoms with Gasteiger partial charge in [0.05, 0.1) is 10.4 Å². The largest absolute Gasteiger partial charge is 0.508 e. The summed E-state index contributed by atoms with van der Waals surface area (Å²) in [5, 5.41) is 12.2. The highest BCUT2D eigenvalue weighted by Crippen LogP contribution is 2.27. The minimum atomic E-state index is -3.69. The lowest BCUT2D eigenvalue weighted by Gasteiger charge is -2.37.